The van der Waals surface area contributed by atoms with Gasteiger partial charge >= 0.3 is 0 Å². The van der Waals surface area contributed by atoms with Crippen LogP contribution in [0.4, 0.5) is 0 Å². The number of amides is 1. The zero-order valence-electron chi connectivity index (χ0n) is 13.9. The van der Waals surface area contributed by atoms with Crippen LogP contribution >= 0.6 is 11.8 Å². The van der Waals surface area contributed by atoms with Crippen LogP contribution in [0.1, 0.15) is 57.2 Å². The van der Waals surface area contributed by atoms with Crippen LogP contribution in [0.2, 0.25) is 0 Å². The number of nitrogens with zero attached hydrogens (tertiary/aromatic N) is 4. The van der Waals surface area contributed by atoms with E-state index in [-0.39, 0.29) is 11.2 Å². The van der Waals surface area contributed by atoms with Crippen LogP contribution in [0.15, 0.2) is 17.8 Å². The highest BCUT2D eigenvalue weighted by Crippen LogP contribution is 2.40. The molecule has 1 aromatic rings. The zero-order valence-corrected chi connectivity index (χ0v) is 14.7. The molecule has 0 bridgehead atoms. The van der Waals surface area contributed by atoms with E-state index >= 15 is 0 Å². The first-order valence-corrected chi connectivity index (χ1v) is 9.58. The molecule has 0 radical (unpaired) electrons. The highest BCUT2D eigenvalue weighted by atomic mass is 32.2. The lowest BCUT2D eigenvalue weighted by Crippen LogP contribution is -2.37. The van der Waals surface area contributed by atoms with Crippen molar-refractivity contribution >= 4 is 17.7 Å². The second-order valence-electron chi connectivity index (χ2n) is 6.51. The first-order chi connectivity index (χ1) is 11.2. The first-order valence-electron chi connectivity index (χ1n) is 8.70. The summed E-state index contributed by atoms with van der Waals surface area (Å²) in [5.74, 6) is 1.84. The SMILES string of the molecule is C=CCn1c(SC(C)C(=O)N2CCCCCC2)nnc1C1CC1. The fourth-order valence-electron chi connectivity index (χ4n) is 3.09. The summed E-state index contributed by atoms with van der Waals surface area (Å²) in [5, 5.41) is 9.43. The van der Waals surface area contributed by atoms with Gasteiger partial charge < -0.3 is 9.47 Å². The minimum Gasteiger partial charge on any atom is -0.342 e. The molecule has 1 saturated heterocycles. The highest BCUT2D eigenvalue weighted by molar-refractivity contribution is 8.00. The summed E-state index contributed by atoms with van der Waals surface area (Å²) in [5.41, 5.74) is 0. The summed E-state index contributed by atoms with van der Waals surface area (Å²) in [7, 11) is 0. The molecule has 1 unspecified atom stereocenters. The summed E-state index contributed by atoms with van der Waals surface area (Å²) in [6.07, 6.45) is 9.00. The largest absolute Gasteiger partial charge is 0.342 e. The topological polar surface area (TPSA) is 51.0 Å². The zero-order chi connectivity index (χ0) is 16.2. The minimum absolute atomic E-state index is 0.118. The third kappa shape index (κ3) is 3.97. The Balaban J connectivity index is 1.67. The molecular weight excluding hydrogens is 308 g/mol. The van der Waals surface area contributed by atoms with Crippen LogP contribution in [-0.2, 0) is 11.3 Å². The van der Waals surface area contributed by atoms with Crippen LogP contribution in [0.25, 0.3) is 0 Å². The number of carbonyl (C=O) groups is 1. The quantitative estimate of drug-likeness (QED) is 0.592. The third-order valence-electron chi connectivity index (χ3n) is 4.55. The van der Waals surface area contributed by atoms with Crippen LogP contribution < -0.4 is 0 Å². The van der Waals surface area contributed by atoms with E-state index < -0.39 is 0 Å². The van der Waals surface area contributed by atoms with E-state index in [1.807, 2.05) is 17.9 Å². The Bertz CT molecular complexity index is 559. The molecule has 23 heavy (non-hydrogen) atoms. The molecule has 0 N–H and O–H groups in total. The van der Waals surface area contributed by atoms with Gasteiger partial charge in [0.05, 0.1) is 5.25 Å². The molecule has 1 amide bonds. The van der Waals surface area contributed by atoms with Gasteiger partial charge in [-0.2, -0.15) is 0 Å². The van der Waals surface area contributed by atoms with E-state index in [2.05, 4.69) is 21.3 Å². The Morgan fingerprint density at radius 2 is 2.00 bits per heavy atom. The Kier molecular flexibility index (Phi) is 5.41. The van der Waals surface area contributed by atoms with Crippen molar-refractivity contribution < 1.29 is 4.79 Å². The lowest BCUT2D eigenvalue weighted by atomic mass is 10.2. The molecule has 0 spiro atoms. The molecule has 2 aliphatic rings. The van der Waals surface area contributed by atoms with Crippen molar-refractivity contribution in [2.24, 2.45) is 0 Å². The number of allylic oxidation sites excluding steroid dienone is 1. The van der Waals surface area contributed by atoms with Crippen molar-refractivity contribution in [2.75, 3.05) is 13.1 Å². The normalized spacial score (nSPS) is 20.1. The Morgan fingerprint density at radius 1 is 1.30 bits per heavy atom. The molecular formula is C17H26N4OS. The van der Waals surface area contributed by atoms with Gasteiger partial charge in [0.25, 0.3) is 0 Å². The van der Waals surface area contributed by atoms with Gasteiger partial charge in [0.15, 0.2) is 5.16 Å². The summed E-state index contributed by atoms with van der Waals surface area (Å²) in [6.45, 7) is 8.34. The van der Waals surface area contributed by atoms with Gasteiger partial charge in [-0.1, -0.05) is 30.7 Å². The average molecular weight is 334 g/mol. The van der Waals surface area contributed by atoms with Gasteiger partial charge in [-0.25, -0.2) is 0 Å². The Morgan fingerprint density at radius 3 is 2.61 bits per heavy atom. The fourth-order valence-corrected chi connectivity index (χ4v) is 4.04. The predicted molar refractivity (Wildman–Crippen MR) is 92.6 cm³/mol. The van der Waals surface area contributed by atoms with Crippen molar-refractivity contribution in [1.29, 1.82) is 0 Å². The number of likely N-dealkylation sites (tertiary alicyclic amines) is 1. The van der Waals surface area contributed by atoms with E-state index in [4.69, 9.17) is 0 Å². The second kappa shape index (κ2) is 7.51. The summed E-state index contributed by atoms with van der Waals surface area (Å²) in [6, 6.07) is 0. The fraction of sp³-hybridized carbons (Fsp3) is 0.706. The standard InChI is InChI=1S/C17H26N4OS/c1-3-10-21-15(14-8-9-14)18-19-17(21)23-13(2)16(22)20-11-6-4-5-7-12-20/h3,13-14H,1,4-12H2,2H3. The van der Waals surface area contributed by atoms with E-state index in [0.717, 1.165) is 36.9 Å². The predicted octanol–water partition coefficient (Wildman–Crippen LogP) is 3.22. The summed E-state index contributed by atoms with van der Waals surface area (Å²) in [4.78, 5) is 14.7. The minimum atomic E-state index is -0.118. The number of hydrogen-bond donors (Lipinski definition) is 0. The third-order valence-corrected chi connectivity index (χ3v) is 5.62. The molecule has 5 nitrogen and oxygen atoms in total. The molecule has 6 heteroatoms. The van der Waals surface area contributed by atoms with Crippen molar-refractivity contribution in [3.8, 4) is 0 Å². The van der Waals surface area contributed by atoms with Crippen molar-refractivity contribution in [3.63, 3.8) is 0 Å². The molecule has 2 heterocycles. The molecule has 1 aliphatic heterocycles. The second-order valence-corrected chi connectivity index (χ2v) is 7.82. The van der Waals surface area contributed by atoms with Crippen LogP contribution in [0.5, 0.6) is 0 Å². The molecule has 1 saturated carbocycles. The van der Waals surface area contributed by atoms with E-state index in [1.54, 1.807) is 0 Å². The van der Waals surface area contributed by atoms with Gasteiger partial charge in [0.1, 0.15) is 5.82 Å². The van der Waals surface area contributed by atoms with Crippen molar-refractivity contribution in [2.45, 2.75) is 68.3 Å². The summed E-state index contributed by atoms with van der Waals surface area (Å²) < 4.78 is 2.13. The van der Waals surface area contributed by atoms with Gasteiger partial charge in [-0.15, -0.1) is 16.8 Å². The molecule has 2 fully saturated rings. The number of aromatic nitrogens is 3. The number of thioether (sulfide) groups is 1. The molecule has 1 aromatic heterocycles. The van der Waals surface area contributed by atoms with Gasteiger partial charge in [0.2, 0.25) is 5.91 Å². The van der Waals surface area contributed by atoms with Crippen LogP contribution in [0.3, 0.4) is 0 Å². The lowest BCUT2D eigenvalue weighted by molar-refractivity contribution is -0.130. The van der Waals surface area contributed by atoms with E-state index in [0.29, 0.717) is 12.5 Å². The monoisotopic (exact) mass is 334 g/mol. The summed E-state index contributed by atoms with van der Waals surface area (Å²) >= 11 is 1.54. The van der Waals surface area contributed by atoms with E-state index in [9.17, 15) is 4.79 Å². The van der Waals surface area contributed by atoms with Gasteiger partial charge in [0, 0.05) is 25.6 Å². The number of carbonyl (C=O) groups excluding carboxylic acids is 1. The smallest absolute Gasteiger partial charge is 0.235 e. The van der Waals surface area contributed by atoms with Crippen LogP contribution in [-0.4, -0.2) is 43.9 Å². The molecule has 0 aromatic carbocycles. The lowest BCUT2D eigenvalue weighted by Gasteiger charge is -2.23. The Hall–Kier alpha value is -1.30. The first kappa shape index (κ1) is 16.6. The van der Waals surface area contributed by atoms with E-state index in [1.165, 1.54) is 37.4 Å². The van der Waals surface area contributed by atoms with Gasteiger partial charge in [-0.05, 0) is 32.6 Å². The molecule has 1 atom stereocenters. The van der Waals surface area contributed by atoms with Gasteiger partial charge in [-0.3, -0.25) is 4.79 Å². The maximum atomic E-state index is 12.7. The number of hydrogen-bond acceptors (Lipinski definition) is 4. The number of rotatable bonds is 6. The maximum Gasteiger partial charge on any atom is 0.235 e. The maximum absolute atomic E-state index is 12.7. The van der Waals surface area contributed by atoms with Crippen molar-refractivity contribution in [3.05, 3.63) is 18.5 Å². The average Bonchev–Trinajstić information content (AvgIpc) is 3.35. The van der Waals surface area contributed by atoms with Crippen molar-refractivity contribution in [1.82, 2.24) is 19.7 Å². The molecule has 126 valence electrons. The van der Waals surface area contributed by atoms with Crippen LogP contribution in [0, 0.1) is 0 Å². The molecule has 3 rings (SSSR count). The molecule has 1 aliphatic carbocycles. The Labute approximate surface area is 142 Å². The highest BCUT2D eigenvalue weighted by Gasteiger charge is 2.31.